The number of nitrogens with zero attached hydrogens (tertiary/aromatic N) is 1. The molecule has 1 heterocycles. The first kappa shape index (κ1) is 25.2. The molecule has 0 radical (unpaired) electrons. The van der Waals surface area contributed by atoms with E-state index in [1.165, 1.54) is 57.8 Å². The Labute approximate surface area is 193 Å². The number of pyridine rings is 1. The molecule has 1 aromatic carbocycles. The van der Waals surface area contributed by atoms with Crippen molar-refractivity contribution in [2.75, 3.05) is 6.61 Å². The van der Waals surface area contributed by atoms with E-state index in [2.05, 4.69) is 12.2 Å². The summed E-state index contributed by atoms with van der Waals surface area (Å²) in [5, 5.41) is 3.41. The maximum absolute atomic E-state index is 12.4. The van der Waals surface area contributed by atoms with Gasteiger partial charge in [-0.05, 0) is 24.6 Å². The van der Waals surface area contributed by atoms with Crippen molar-refractivity contribution in [3.8, 4) is 5.75 Å². The first-order valence-corrected chi connectivity index (χ1v) is 12.1. The maximum atomic E-state index is 12.4. The van der Waals surface area contributed by atoms with E-state index >= 15 is 0 Å². The van der Waals surface area contributed by atoms with Gasteiger partial charge in [0.05, 0.1) is 11.6 Å². The molecule has 2 rings (SSSR count). The van der Waals surface area contributed by atoms with Crippen LogP contribution in [0.2, 0.25) is 5.02 Å². The lowest BCUT2D eigenvalue weighted by molar-refractivity contribution is -0.679. The molecule has 1 aromatic heterocycles. The lowest BCUT2D eigenvalue weighted by Gasteiger charge is -2.10. The van der Waals surface area contributed by atoms with Gasteiger partial charge in [-0.2, -0.15) is 0 Å². The lowest BCUT2D eigenvalue weighted by atomic mass is 10.1. The van der Waals surface area contributed by atoms with E-state index in [-0.39, 0.29) is 5.91 Å². The average molecular weight is 446 g/mol. The largest absolute Gasteiger partial charge is 0.492 e. The highest BCUT2D eigenvalue weighted by molar-refractivity contribution is 6.32. The van der Waals surface area contributed by atoms with E-state index in [9.17, 15) is 4.79 Å². The molecule has 1 amide bonds. The Morgan fingerprint density at radius 1 is 0.968 bits per heavy atom. The van der Waals surface area contributed by atoms with Crippen LogP contribution >= 0.6 is 11.6 Å². The summed E-state index contributed by atoms with van der Waals surface area (Å²) in [4.78, 5) is 12.4. The van der Waals surface area contributed by atoms with Crippen molar-refractivity contribution in [3.63, 3.8) is 0 Å². The summed E-state index contributed by atoms with van der Waals surface area (Å²) < 4.78 is 7.81. The molecule has 0 aliphatic rings. The van der Waals surface area contributed by atoms with Crippen LogP contribution in [0.5, 0.6) is 5.75 Å². The number of aryl methyl sites for hydroxylation is 1. The fourth-order valence-electron chi connectivity index (χ4n) is 3.55. The van der Waals surface area contributed by atoms with Crippen LogP contribution in [-0.4, -0.2) is 12.5 Å². The van der Waals surface area contributed by atoms with Gasteiger partial charge in [-0.3, -0.25) is 4.79 Å². The third-order valence-corrected chi connectivity index (χ3v) is 5.84. The van der Waals surface area contributed by atoms with Gasteiger partial charge in [0, 0.05) is 17.7 Å². The summed E-state index contributed by atoms with van der Waals surface area (Å²) in [6.45, 7) is 3.38. The van der Waals surface area contributed by atoms with Crippen LogP contribution < -0.4 is 14.6 Å². The molecule has 170 valence electrons. The van der Waals surface area contributed by atoms with Crippen molar-refractivity contribution in [2.24, 2.45) is 7.05 Å². The zero-order valence-corrected chi connectivity index (χ0v) is 19.9. The van der Waals surface area contributed by atoms with Gasteiger partial charge >= 0.3 is 0 Å². The second kappa shape index (κ2) is 14.9. The second-order valence-electron chi connectivity index (χ2n) is 8.16. The van der Waals surface area contributed by atoms with E-state index in [4.69, 9.17) is 16.3 Å². The van der Waals surface area contributed by atoms with Gasteiger partial charge in [0.1, 0.15) is 19.3 Å². The summed E-state index contributed by atoms with van der Waals surface area (Å²) in [6, 6.07) is 11.1. The molecule has 0 atom stereocenters. The minimum atomic E-state index is -0.146. The number of carbonyl (C=O) groups excluding carboxylic acids is 1. The Morgan fingerprint density at radius 3 is 2.29 bits per heavy atom. The summed E-state index contributed by atoms with van der Waals surface area (Å²) >= 11 is 6.34. The molecule has 31 heavy (non-hydrogen) atoms. The van der Waals surface area contributed by atoms with Gasteiger partial charge in [-0.1, -0.05) is 82.4 Å². The molecule has 0 spiro atoms. The van der Waals surface area contributed by atoms with Crippen molar-refractivity contribution in [3.05, 3.63) is 58.9 Å². The summed E-state index contributed by atoms with van der Waals surface area (Å²) in [5.74, 6) is 0.496. The maximum Gasteiger partial charge on any atom is 0.251 e. The highest BCUT2D eigenvalue weighted by Crippen LogP contribution is 2.26. The number of unbranched alkanes of at least 4 members (excludes halogenated alkanes) is 9. The summed E-state index contributed by atoms with van der Waals surface area (Å²) in [7, 11) is 1.96. The highest BCUT2D eigenvalue weighted by atomic mass is 35.5. The average Bonchev–Trinajstić information content (AvgIpc) is 2.77. The van der Waals surface area contributed by atoms with Gasteiger partial charge in [0.25, 0.3) is 5.91 Å². The van der Waals surface area contributed by atoms with Gasteiger partial charge in [-0.15, -0.1) is 0 Å². The highest BCUT2D eigenvalue weighted by Gasteiger charge is 2.12. The van der Waals surface area contributed by atoms with Crippen LogP contribution in [0.3, 0.4) is 0 Å². The molecular weight excluding hydrogens is 408 g/mol. The fourth-order valence-corrected chi connectivity index (χ4v) is 3.78. The van der Waals surface area contributed by atoms with E-state index in [0.717, 1.165) is 12.1 Å². The molecule has 0 aliphatic heterocycles. The third kappa shape index (κ3) is 9.73. The second-order valence-corrected chi connectivity index (χ2v) is 8.57. The molecule has 2 aromatic rings. The van der Waals surface area contributed by atoms with Crippen LogP contribution in [0, 0.1) is 0 Å². The number of aromatic nitrogens is 1. The molecule has 4 nitrogen and oxygen atoms in total. The predicted molar refractivity (Wildman–Crippen MR) is 128 cm³/mol. The number of ether oxygens (including phenoxy) is 1. The number of amides is 1. The molecule has 5 heteroatoms. The minimum absolute atomic E-state index is 0.146. The third-order valence-electron chi connectivity index (χ3n) is 5.54. The van der Waals surface area contributed by atoms with Crippen molar-refractivity contribution < 1.29 is 14.1 Å². The monoisotopic (exact) mass is 445 g/mol. The van der Waals surface area contributed by atoms with Gasteiger partial charge in [0.2, 0.25) is 0 Å². The smallest absolute Gasteiger partial charge is 0.251 e. The first-order chi connectivity index (χ1) is 15.1. The number of benzene rings is 1. The Bertz CT molecular complexity index is 795. The van der Waals surface area contributed by atoms with Crippen LogP contribution in [0.25, 0.3) is 0 Å². The molecule has 0 saturated carbocycles. The topological polar surface area (TPSA) is 42.2 Å². The van der Waals surface area contributed by atoms with Crippen LogP contribution in [-0.2, 0) is 13.6 Å². The number of nitrogens with one attached hydrogen (secondary N) is 1. The van der Waals surface area contributed by atoms with Crippen LogP contribution in [0.4, 0.5) is 0 Å². The normalized spacial score (nSPS) is 10.8. The van der Waals surface area contributed by atoms with Crippen molar-refractivity contribution >= 4 is 17.5 Å². The predicted octanol–water partition coefficient (Wildman–Crippen LogP) is 6.39. The molecular formula is C26H38ClN2O2+. The lowest BCUT2D eigenvalue weighted by Crippen LogP contribution is -2.36. The Hall–Kier alpha value is -2.07. The molecule has 1 N–H and O–H groups in total. The van der Waals surface area contributed by atoms with Crippen LogP contribution in [0.15, 0.2) is 42.6 Å². The number of hydrogen-bond acceptors (Lipinski definition) is 2. The molecule has 0 saturated heterocycles. The fraction of sp³-hybridized carbons (Fsp3) is 0.538. The summed E-state index contributed by atoms with van der Waals surface area (Å²) in [6.07, 6.45) is 14.9. The standard InChI is InChI=1S/C26H37ClN2O2/c1-3-4-5-6-7-8-9-10-11-14-19-31-25-17-16-22(20-24(25)27)26(30)28-21-23-15-12-13-18-29(23)2/h12-13,15-18,20H,3-11,14,19,21H2,1-2H3/p+1. The van der Waals surface area contributed by atoms with Crippen molar-refractivity contribution in [1.82, 2.24) is 5.32 Å². The van der Waals surface area contributed by atoms with E-state index < -0.39 is 0 Å². The Kier molecular flexibility index (Phi) is 12.1. The number of halogens is 1. The van der Waals surface area contributed by atoms with Gasteiger partial charge in [-0.25, -0.2) is 4.57 Å². The molecule has 0 fully saturated rings. The van der Waals surface area contributed by atoms with Gasteiger partial charge < -0.3 is 10.1 Å². The number of hydrogen-bond donors (Lipinski definition) is 1. The molecule has 0 aliphatic carbocycles. The zero-order valence-electron chi connectivity index (χ0n) is 19.2. The van der Waals surface area contributed by atoms with Gasteiger partial charge in [0.15, 0.2) is 11.9 Å². The summed E-state index contributed by atoms with van der Waals surface area (Å²) in [5.41, 5.74) is 1.56. The number of rotatable bonds is 15. The molecule has 0 unspecified atom stereocenters. The van der Waals surface area contributed by atoms with Crippen LogP contribution in [0.1, 0.15) is 87.2 Å². The zero-order chi connectivity index (χ0) is 22.3. The first-order valence-electron chi connectivity index (χ1n) is 11.8. The Balaban J connectivity index is 1.63. The number of carbonyl (C=O) groups is 1. The van der Waals surface area contributed by atoms with E-state index in [1.54, 1.807) is 18.2 Å². The van der Waals surface area contributed by atoms with E-state index in [1.807, 2.05) is 36.0 Å². The molecule has 0 bridgehead atoms. The SMILES string of the molecule is CCCCCCCCCCCCOc1ccc(C(=O)NCc2cccc[n+]2C)cc1Cl. The quantitative estimate of drug-likeness (QED) is 0.255. The van der Waals surface area contributed by atoms with E-state index in [0.29, 0.717) is 29.5 Å². The minimum Gasteiger partial charge on any atom is -0.492 e. The van der Waals surface area contributed by atoms with Crippen molar-refractivity contribution in [1.29, 1.82) is 0 Å². The van der Waals surface area contributed by atoms with Crippen molar-refractivity contribution in [2.45, 2.75) is 77.7 Å². The Morgan fingerprint density at radius 2 is 1.65 bits per heavy atom.